The zero-order valence-corrected chi connectivity index (χ0v) is 18.1. The molecule has 2 bridgehead atoms. The summed E-state index contributed by atoms with van der Waals surface area (Å²) in [6.45, 7) is 8.68. The summed E-state index contributed by atoms with van der Waals surface area (Å²) in [6, 6.07) is 6.77. The predicted molar refractivity (Wildman–Crippen MR) is 110 cm³/mol. The third-order valence-electron chi connectivity index (χ3n) is 7.75. The van der Waals surface area contributed by atoms with Gasteiger partial charge < -0.3 is 5.11 Å². The fourth-order valence-electron chi connectivity index (χ4n) is 6.00. The molecule has 0 aromatic heterocycles. The number of nitrogens with zero attached hydrogens (tertiary/aromatic N) is 1. The van der Waals surface area contributed by atoms with Crippen LogP contribution in [0.3, 0.4) is 0 Å². The summed E-state index contributed by atoms with van der Waals surface area (Å²) >= 11 is 0. The average Bonchev–Trinajstić information content (AvgIpc) is 2.66. The van der Waals surface area contributed by atoms with Crippen LogP contribution in [0, 0.1) is 29.6 Å². The third kappa shape index (κ3) is 3.18. The van der Waals surface area contributed by atoms with E-state index in [1.165, 1.54) is 0 Å². The number of aliphatic hydroxyl groups is 1. The molecule has 0 aliphatic heterocycles. The van der Waals surface area contributed by atoms with Gasteiger partial charge in [-0.2, -0.15) is 13.5 Å². The first-order valence-corrected chi connectivity index (χ1v) is 11.8. The Balaban J connectivity index is 1.57. The first-order valence-electron chi connectivity index (χ1n) is 10.3. The normalized spacial score (nSPS) is 38.2. The summed E-state index contributed by atoms with van der Waals surface area (Å²) in [7, 11) is -3.68. The van der Waals surface area contributed by atoms with E-state index in [9.17, 15) is 13.5 Å². The van der Waals surface area contributed by atoms with Crippen molar-refractivity contribution in [1.82, 2.24) is 4.83 Å². The van der Waals surface area contributed by atoms with Crippen LogP contribution in [0.4, 0.5) is 0 Å². The van der Waals surface area contributed by atoms with E-state index in [0.29, 0.717) is 36.5 Å². The van der Waals surface area contributed by atoms with Gasteiger partial charge in [0.15, 0.2) is 0 Å². The highest BCUT2D eigenvalue weighted by molar-refractivity contribution is 7.89. The standard InChI is InChI=1S/C22H32N2O3S/c1-15-5-7-16(8-6-15)28(26,27)24-23-19-10-12-22(25)14-21(19,4)11-9-17-18(22)13-20(17,2)3/h5-8,17-18,24-25H,9-14H2,1-4H3/b23-19-/t17-,18+,21+,22-/m1/s1. The number of aryl methyl sites for hydroxylation is 1. The van der Waals surface area contributed by atoms with Crippen molar-refractivity contribution in [3.63, 3.8) is 0 Å². The van der Waals surface area contributed by atoms with E-state index in [4.69, 9.17) is 0 Å². The minimum absolute atomic E-state index is 0.223. The molecule has 4 rings (SSSR count). The van der Waals surface area contributed by atoms with E-state index in [1.54, 1.807) is 24.3 Å². The molecule has 4 atom stereocenters. The first kappa shape index (κ1) is 19.9. The van der Waals surface area contributed by atoms with E-state index < -0.39 is 15.6 Å². The number of hydrogen-bond acceptors (Lipinski definition) is 4. The van der Waals surface area contributed by atoms with Gasteiger partial charge in [-0.3, -0.25) is 0 Å². The predicted octanol–water partition coefficient (Wildman–Crippen LogP) is 4.01. The van der Waals surface area contributed by atoms with Crippen molar-refractivity contribution >= 4 is 15.7 Å². The lowest BCUT2D eigenvalue weighted by atomic mass is 9.49. The Kier molecular flexibility index (Phi) is 4.47. The molecule has 0 heterocycles. The van der Waals surface area contributed by atoms with Crippen LogP contribution in [0.25, 0.3) is 0 Å². The van der Waals surface area contributed by atoms with Gasteiger partial charge in [0.1, 0.15) is 0 Å². The molecule has 3 aliphatic carbocycles. The van der Waals surface area contributed by atoms with Crippen molar-refractivity contribution in [2.24, 2.45) is 27.8 Å². The number of fused-ring (bicyclic) bond motifs is 4. The second-order valence-electron chi connectivity index (χ2n) is 10.3. The van der Waals surface area contributed by atoms with Gasteiger partial charge in [-0.1, -0.05) is 38.5 Å². The van der Waals surface area contributed by atoms with E-state index in [0.717, 1.165) is 30.5 Å². The number of benzene rings is 1. The Labute approximate surface area is 168 Å². The Morgan fingerprint density at radius 1 is 1.11 bits per heavy atom. The van der Waals surface area contributed by atoms with Gasteiger partial charge in [0.05, 0.1) is 10.5 Å². The summed E-state index contributed by atoms with van der Waals surface area (Å²) in [4.78, 5) is 2.68. The van der Waals surface area contributed by atoms with Gasteiger partial charge >= 0.3 is 0 Å². The molecule has 0 radical (unpaired) electrons. The van der Waals surface area contributed by atoms with Crippen molar-refractivity contribution in [2.75, 3.05) is 0 Å². The maximum Gasteiger partial charge on any atom is 0.276 e. The fourth-order valence-corrected chi connectivity index (χ4v) is 6.83. The van der Waals surface area contributed by atoms with Gasteiger partial charge in [0, 0.05) is 11.1 Å². The van der Waals surface area contributed by atoms with Gasteiger partial charge in [0.2, 0.25) is 0 Å². The number of nitrogens with one attached hydrogen (secondary N) is 1. The van der Waals surface area contributed by atoms with Crippen LogP contribution in [0.15, 0.2) is 34.3 Å². The van der Waals surface area contributed by atoms with Crippen molar-refractivity contribution in [3.8, 4) is 0 Å². The molecule has 0 unspecified atom stereocenters. The smallest absolute Gasteiger partial charge is 0.276 e. The van der Waals surface area contributed by atoms with Crippen LogP contribution in [0.5, 0.6) is 0 Å². The van der Waals surface area contributed by atoms with Crippen LogP contribution in [0.1, 0.15) is 64.9 Å². The lowest BCUT2D eigenvalue weighted by Crippen LogP contribution is -2.57. The number of sulfonamides is 1. The van der Waals surface area contributed by atoms with E-state index in [1.807, 2.05) is 6.92 Å². The van der Waals surface area contributed by atoms with Crippen LogP contribution in [-0.4, -0.2) is 24.8 Å². The lowest BCUT2D eigenvalue weighted by Gasteiger charge is -2.58. The Morgan fingerprint density at radius 3 is 2.43 bits per heavy atom. The molecule has 5 nitrogen and oxygen atoms in total. The zero-order valence-electron chi connectivity index (χ0n) is 17.3. The molecule has 1 aromatic carbocycles. The molecule has 2 N–H and O–H groups in total. The van der Waals surface area contributed by atoms with Gasteiger partial charge in [-0.25, -0.2) is 4.83 Å². The molecule has 0 spiro atoms. The zero-order chi connectivity index (χ0) is 20.4. The molecule has 0 saturated heterocycles. The molecule has 3 aliphatic rings. The minimum Gasteiger partial charge on any atom is -0.390 e. The topological polar surface area (TPSA) is 78.8 Å². The Morgan fingerprint density at radius 2 is 1.79 bits per heavy atom. The number of rotatable bonds is 3. The highest BCUT2D eigenvalue weighted by Crippen LogP contribution is 2.64. The molecule has 3 saturated carbocycles. The molecular weight excluding hydrogens is 372 g/mol. The van der Waals surface area contributed by atoms with Crippen molar-refractivity contribution < 1.29 is 13.5 Å². The summed E-state index contributed by atoms with van der Waals surface area (Å²) in [5.74, 6) is 0.915. The molecule has 3 fully saturated rings. The molecule has 28 heavy (non-hydrogen) atoms. The molecule has 1 aromatic rings. The van der Waals surface area contributed by atoms with Crippen molar-refractivity contribution in [1.29, 1.82) is 0 Å². The molecular formula is C22H32N2O3S. The quantitative estimate of drug-likeness (QED) is 0.747. The average molecular weight is 405 g/mol. The highest BCUT2D eigenvalue weighted by Gasteiger charge is 2.61. The van der Waals surface area contributed by atoms with Crippen LogP contribution in [0.2, 0.25) is 0 Å². The van der Waals surface area contributed by atoms with Gasteiger partial charge in [-0.05, 0) is 74.8 Å². The second-order valence-corrected chi connectivity index (χ2v) is 11.9. The Bertz CT molecular complexity index is 906. The summed E-state index contributed by atoms with van der Waals surface area (Å²) in [6.07, 6.45) is 5.10. The van der Waals surface area contributed by atoms with Crippen molar-refractivity contribution in [2.45, 2.75) is 76.7 Å². The van der Waals surface area contributed by atoms with Crippen LogP contribution >= 0.6 is 0 Å². The van der Waals surface area contributed by atoms with Gasteiger partial charge in [-0.15, -0.1) is 0 Å². The monoisotopic (exact) mass is 404 g/mol. The second kappa shape index (κ2) is 6.30. The largest absolute Gasteiger partial charge is 0.390 e. The maximum atomic E-state index is 12.6. The van der Waals surface area contributed by atoms with E-state index >= 15 is 0 Å². The highest BCUT2D eigenvalue weighted by atomic mass is 32.2. The number of hydrazone groups is 1. The third-order valence-corrected chi connectivity index (χ3v) is 8.98. The minimum atomic E-state index is -3.68. The molecule has 0 amide bonds. The summed E-state index contributed by atoms with van der Waals surface area (Å²) in [5, 5.41) is 15.8. The summed E-state index contributed by atoms with van der Waals surface area (Å²) < 4.78 is 25.3. The summed E-state index contributed by atoms with van der Waals surface area (Å²) in [5.41, 5.74) is 1.29. The molecule has 154 valence electrons. The van der Waals surface area contributed by atoms with Crippen LogP contribution in [-0.2, 0) is 10.0 Å². The van der Waals surface area contributed by atoms with E-state index in [-0.39, 0.29) is 10.3 Å². The molecule has 6 heteroatoms. The van der Waals surface area contributed by atoms with Crippen molar-refractivity contribution in [3.05, 3.63) is 29.8 Å². The van der Waals surface area contributed by atoms with Crippen LogP contribution < -0.4 is 4.83 Å². The Hall–Kier alpha value is -1.40. The maximum absolute atomic E-state index is 12.6. The number of hydrogen-bond donors (Lipinski definition) is 2. The SMILES string of the molecule is Cc1ccc(S(=O)(=O)N/N=C2/CC[C@@]3(O)C[C@]2(C)CC[C@@H]2[C@@H]3CC2(C)C)cc1. The van der Waals surface area contributed by atoms with E-state index in [2.05, 4.69) is 30.7 Å². The fraction of sp³-hybridized carbons (Fsp3) is 0.682. The first-order chi connectivity index (χ1) is 13.0. The lowest BCUT2D eigenvalue weighted by molar-refractivity contribution is -0.152. The van der Waals surface area contributed by atoms with Gasteiger partial charge in [0.25, 0.3) is 10.0 Å².